The molecule has 0 aromatic rings. The lowest BCUT2D eigenvalue weighted by molar-refractivity contribution is -0.132. The zero-order chi connectivity index (χ0) is 15.1. The number of rotatable bonds is 6. The van der Waals surface area contributed by atoms with Crippen LogP contribution in [0, 0.1) is 5.92 Å². The van der Waals surface area contributed by atoms with Gasteiger partial charge in [0.05, 0.1) is 6.10 Å². The van der Waals surface area contributed by atoms with Gasteiger partial charge in [-0.1, -0.05) is 13.8 Å². The molecular formula is C16H32ClN3O2. The summed E-state index contributed by atoms with van der Waals surface area (Å²) in [5.74, 6) is 0.925. The zero-order valence-corrected chi connectivity index (χ0v) is 14.9. The van der Waals surface area contributed by atoms with E-state index in [-0.39, 0.29) is 12.4 Å². The summed E-state index contributed by atoms with van der Waals surface area (Å²) < 4.78 is 5.90. The number of nitrogens with one attached hydrogen (secondary N) is 1. The normalized spacial score (nSPS) is 21.0. The molecule has 130 valence electrons. The third kappa shape index (κ3) is 6.82. The monoisotopic (exact) mass is 333 g/mol. The Morgan fingerprint density at radius 2 is 1.82 bits per heavy atom. The summed E-state index contributed by atoms with van der Waals surface area (Å²) in [6.07, 6.45) is 3.30. The molecule has 2 heterocycles. The largest absolute Gasteiger partial charge is 0.378 e. The second-order valence-corrected chi connectivity index (χ2v) is 6.65. The fraction of sp³-hybridized carbons (Fsp3) is 0.938. The molecule has 2 saturated heterocycles. The summed E-state index contributed by atoms with van der Waals surface area (Å²) in [5, 5.41) is 3.28. The van der Waals surface area contributed by atoms with Crippen LogP contribution in [0.5, 0.6) is 0 Å². The fourth-order valence-corrected chi connectivity index (χ4v) is 2.95. The number of hydrogen-bond acceptors (Lipinski definition) is 4. The van der Waals surface area contributed by atoms with Gasteiger partial charge in [0.2, 0.25) is 5.91 Å². The molecule has 0 bridgehead atoms. The minimum Gasteiger partial charge on any atom is -0.378 e. The van der Waals surface area contributed by atoms with Crippen LogP contribution in [0.2, 0.25) is 0 Å². The molecule has 2 fully saturated rings. The van der Waals surface area contributed by atoms with Crippen molar-refractivity contribution in [2.75, 3.05) is 52.4 Å². The van der Waals surface area contributed by atoms with Crippen molar-refractivity contribution in [3.8, 4) is 0 Å². The Balaban J connectivity index is 0.00000242. The van der Waals surface area contributed by atoms with E-state index < -0.39 is 0 Å². The van der Waals surface area contributed by atoms with Gasteiger partial charge < -0.3 is 19.9 Å². The van der Waals surface area contributed by atoms with Crippen LogP contribution in [0.4, 0.5) is 0 Å². The Bertz CT molecular complexity index is 315. The van der Waals surface area contributed by atoms with Crippen LogP contribution in [0.25, 0.3) is 0 Å². The number of amides is 1. The molecule has 6 heteroatoms. The first-order valence-electron chi connectivity index (χ1n) is 8.47. The molecule has 0 unspecified atom stereocenters. The van der Waals surface area contributed by atoms with E-state index in [2.05, 4.69) is 24.1 Å². The molecule has 0 saturated carbocycles. The summed E-state index contributed by atoms with van der Waals surface area (Å²) in [6, 6.07) is 0. The van der Waals surface area contributed by atoms with Crippen LogP contribution in [0.1, 0.15) is 33.1 Å². The van der Waals surface area contributed by atoms with Crippen molar-refractivity contribution in [2.45, 2.75) is 39.2 Å². The lowest BCUT2D eigenvalue weighted by Crippen LogP contribution is -2.47. The number of likely N-dealkylation sites (tertiary alicyclic amines) is 1. The number of piperazine rings is 1. The molecule has 2 rings (SSSR count). The highest BCUT2D eigenvalue weighted by molar-refractivity contribution is 5.85. The predicted octanol–water partition coefficient (Wildman–Crippen LogP) is 1.37. The van der Waals surface area contributed by atoms with E-state index in [1.165, 1.54) is 0 Å². The molecule has 0 radical (unpaired) electrons. The highest BCUT2D eigenvalue weighted by atomic mass is 35.5. The Kier molecular flexibility index (Phi) is 9.33. The van der Waals surface area contributed by atoms with Crippen molar-refractivity contribution in [1.29, 1.82) is 0 Å². The van der Waals surface area contributed by atoms with Crippen LogP contribution in [-0.4, -0.2) is 74.2 Å². The summed E-state index contributed by atoms with van der Waals surface area (Å²) in [4.78, 5) is 16.5. The highest BCUT2D eigenvalue weighted by Crippen LogP contribution is 2.15. The lowest BCUT2D eigenvalue weighted by Gasteiger charge is -2.33. The van der Waals surface area contributed by atoms with Gasteiger partial charge in [-0.05, 0) is 18.8 Å². The van der Waals surface area contributed by atoms with Gasteiger partial charge in [0, 0.05) is 58.8 Å². The Morgan fingerprint density at radius 3 is 2.41 bits per heavy atom. The summed E-state index contributed by atoms with van der Waals surface area (Å²) >= 11 is 0. The van der Waals surface area contributed by atoms with E-state index >= 15 is 0 Å². The van der Waals surface area contributed by atoms with Gasteiger partial charge in [-0.2, -0.15) is 0 Å². The maximum atomic E-state index is 12.1. The quantitative estimate of drug-likeness (QED) is 0.797. The number of piperidine rings is 1. The average Bonchev–Trinajstić information content (AvgIpc) is 2.52. The third-order valence-corrected chi connectivity index (χ3v) is 4.31. The first-order chi connectivity index (χ1) is 10.1. The molecule has 0 aliphatic carbocycles. The fourth-order valence-electron chi connectivity index (χ4n) is 2.95. The first kappa shape index (κ1) is 19.7. The Hall–Kier alpha value is -0.360. The van der Waals surface area contributed by atoms with Gasteiger partial charge in [-0.15, -0.1) is 12.4 Å². The smallest absolute Gasteiger partial charge is 0.223 e. The molecule has 0 spiro atoms. The van der Waals surface area contributed by atoms with E-state index in [0.29, 0.717) is 24.3 Å². The highest BCUT2D eigenvalue weighted by Gasteiger charge is 2.22. The zero-order valence-electron chi connectivity index (χ0n) is 14.1. The molecule has 2 aliphatic rings. The van der Waals surface area contributed by atoms with Crippen LogP contribution in [0.3, 0.4) is 0 Å². The van der Waals surface area contributed by atoms with Gasteiger partial charge in [-0.25, -0.2) is 0 Å². The summed E-state index contributed by atoms with van der Waals surface area (Å²) in [5.41, 5.74) is 0. The molecule has 1 N–H and O–H groups in total. The number of carbonyl (C=O) groups excluding carboxylic acids is 1. The molecule has 5 nitrogen and oxygen atoms in total. The number of halogens is 1. The summed E-state index contributed by atoms with van der Waals surface area (Å²) in [7, 11) is 0. The number of nitrogens with zero attached hydrogens (tertiary/aromatic N) is 2. The maximum absolute atomic E-state index is 12.1. The van der Waals surface area contributed by atoms with Crippen LogP contribution in [0.15, 0.2) is 0 Å². The van der Waals surface area contributed by atoms with Crippen molar-refractivity contribution in [3.63, 3.8) is 0 Å². The van der Waals surface area contributed by atoms with Crippen molar-refractivity contribution in [1.82, 2.24) is 15.1 Å². The second-order valence-electron chi connectivity index (χ2n) is 6.65. The SMILES string of the molecule is CC(C)COC1CCN(CCC(=O)N2CCNCC2)CC1.Cl. The molecule has 2 aliphatic heterocycles. The van der Waals surface area contributed by atoms with Crippen molar-refractivity contribution in [3.05, 3.63) is 0 Å². The van der Waals surface area contributed by atoms with Gasteiger partial charge in [-0.3, -0.25) is 4.79 Å². The molecule has 0 atom stereocenters. The van der Waals surface area contributed by atoms with Gasteiger partial charge >= 0.3 is 0 Å². The number of ether oxygens (including phenoxy) is 1. The van der Waals surface area contributed by atoms with Crippen LogP contribution in [-0.2, 0) is 9.53 Å². The Morgan fingerprint density at radius 1 is 1.18 bits per heavy atom. The minimum atomic E-state index is 0. The van der Waals surface area contributed by atoms with E-state index in [1.807, 2.05) is 4.90 Å². The molecule has 0 aromatic heterocycles. The molecule has 1 amide bonds. The second kappa shape index (κ2) is 10.4. The molecule has 0 aromatic carbocycles. The molecule has 22 heavy (non-hydrogen) atoms. The van der Waals surface area contributed by atoms with E-state index in [1.54, 1.807) is 0 Å². The number of carbonyl (C=O) groups is 1. The Labute approximate surface area is 141 Å². The topological polar surface area (TPSA) is 44.8 Å². The van der Waals surface area contributed by atoms with Gasteiger partial charge in [0.1, 0.15) is 0 Å². The van der Waals surface area contributed by atoms with Gasteiger partial charge in [0.15, 0.2) is 0 Å². The van der Waals surface area contributed by atoms with Crippen LogP contribution < -0.4 is 5.32 Å². The average molecular weight is 334 g/mol. The van der Waals surface area contributed by atoms with E-state index in [9.17, 15) is 4.79 Å². The lowest BCUT2D eigenvalue weighted by atomic mass is 10.1. The van der Waals surface area contributed by atoms with Crippen LogP contribution >= 0.6 is 12.4 Å². The molecular weight excluding hydrogens is 302 g/mol. The number of hydrogen-bond donors (Lipinski definition) is 1. The van der Waals surface area contributed by atoms with E-state index in [4.69, 9.17) is 4.74 Å². The maximum Gasteiger partial charge on any atom is 0.223 e. The third-order valence-electron chi connectivity index (χ3n) is 4.31. The van der Waals surface area contributed by atoms with Crippen molar-refractivity contribution >= 4 is 18.3 Å². The standard InChI is InChI=1S/C16H31N3O2.ClH/c1-14(2)13-21-15-3-8-18(9-4-15)10-5-16(20)19-11-6-17-7-12-19;/h14-15,17H,3-13H2,1-2H3;1H. The minimum absolute atomic E-state index is 0. The first-order valence-corrected chi connectivity index (χ1v) is 8.47. The van der Waals surface area contributed by atoms with E-state index in [0.717, 1.165) is 65.3 Å². The van der Waals surface area contributed by atoms with Gasteiger partial charge in [0.25, 0.3) is 0 Å². The van der Waals surface area contributed by atoms with Crippen molar-refractivity contribution in [2.24, 2.45) is 5.92 Å². The van der Waals surface area contributed by atoms with Crippen molar-refractivity contribution < 1.29 is 9.53 Å². The predicted molar refractivity (Wildman–Crippen MR) is 91.6 cm³/mol. The summed E-state index contributed by atoms with van der Waals surface area (Å²) in [6.45, 7) is 11.9.